The zero-order chi connectivity index (χ0) is 13.9. The van der Waals surface area contributed by atoms with Gasteiger partial charge in [0.25, 0.3) is 0 Å². The van der Waals surface area contributed by atoms with Gasteiger partial charge >= 0.3 is 5.97 Å². The Morgan fingerprint density at radius 2 is 2.20 bits per heavy atom. The second-order valence-corrected chi connectivity index (χ2v) is 4.91. The molecule has 0 radical (unpaired) electrons. The predicted molar refractivity (Wildman–Crippen MR) is 76.5 cm³/mol. The number of carbonyl (C=O) groups excluding carboxylic acids is 1. The fourth-order valence-electron chi connectivity index (χ4n) is 2.36. The van der Waals surface area contributed by atoms with Crippen molar-refractivity contribution in [2.24, 2.45) is 0 Å². The number of ether oxygens (including phenoxy) is 1. The molecule has 1 heterocycles. The normalized spacial score (nSPS) is 14.2. The first kappa shape index (κ1) is 12.8. The zero-order valence-electron chi connectivity index (χ0n) is 11.5. The monoisotopic (exact) mass is 271 g/mol. The van der Waals surface area contributed by atoms with Crippen LogP contribution in [0.4, 0.5) is 5.69 Å². The molecule has 3 rings (SSSR count). The summed E-state index contributed by atoms with van der Waals surface area (Å²) in [7, 11) is 0. The molecule has 0 saturated heterocycles. The van der Waals surface area contributed by atoms with E-state index < -0.39 is 0 Å². The van der Waals surface area contributed by atoms with Crippen LogP contribution < -0.4 is 4.90 Å². The lowest BCUT2D eigenvalue weighted by molar-refractivity contribution is -0.141. The largest absolute Gasteiger partial charge is 0.465 e. The Bertz CT molecular complexity index is 620. The number of esters is 1. The van der Waals surface area contributed by atoms with E-state index in [1.807, 2.05) is 31.2 Å². The molecule has 0 aliphatic heterocycles. The molecule has 1 fully saturated rings. The van der Waals surface area contributed by atoms with E-state index >= 15 is 0 Å². The minimum absolute atomic E-state index is 0.194. The molecule has 1 saturated carbocycles. The van der Waals surface area contributed by atoms with E-state index in [4.69, 9.17) is 4.74 Å². The van der Waals surface area contributed by atoms with Crippen LogP contribution in [-0.4, -0.2) is 35.4 Å². The highest BCUT2D eigenvalue weighted by molar-refractivity contribution is 5.92. The van der Waals surface area contributed by atoms with E-state index in [2.05, 4.69) is 15.1 Å². The van der Waals surface area contributed by atoms with Crippen molar-refractivity contribution in [1.29, 1.82) is 0 Å². The van der Waals surface area contributed by atoms with E-state index in [9.17, 15) is 4.79 Å². The van der Waals surface area contributed by atoms with Crippen LogP contribution >= 0.6 is 0 Å². The smallest absolute Gasteiger partial charge is 0.325 e. The number of rotatable bonds is 5. The van der Waals surface area contributed by atoms with Gasteiger partial charge < -0.3 is 9.64 Å². The predicted octanol–water partition coefficient (Wildman–Crippen LogP) is 2.16. The van der Waals surface area contributed by atoms with Crippen LogP contribution in [-0.2, 0) is 9.53 Å². The number of carbonyl (C=O) groups is 1. The van der Waals surface area contributed by atoms with Crippen LogP contribution in [0, 0.1) is 0 Å². The second-order valence-electron chi connectivity index (χ2n) is 4.91. The number of benzene rings is 1. The van der Waals surface area contributed by atoms with Crippen LogP contribution in [0.25, 0.3) is 10.9 Å². The van der Waals surface area contributed by atoms with Crippen LogP contribution in [0.1, 0.15) is 19.8 Å². The number of aromatic nitrogens is 2. The molecule has 1 aliphatic rings. The molecule has 20 heavy (non-hydrogen) atoms. The van der Waals surface area contributed by atoms with Gasteiger partial charge in [-0.3, -0.25) is 4.79 Å². The van der Waals surface area contributed by atoms with Gasteiger partial charge in [0.1, 0.15) is 6.54 Å². The Hall–Kier alpha value is -2.17. The van der Waals surface area contributed by atoms with Crippen molar-refractivity contribution in [3.05, 3.63) is 30.5 Å². The van der Waals surface area contributed by atoms with Gasteiger partial charge in [-0.1, -0.05) is 18.2 Å². The third-order valence-electron chi connectivity index (χ3n) is 3.43. The van der Waals surface area contributed by atoms with Gasteiger partial charge in [-0.25, -0.2) is 0 Å². The highest BCUT2D eigenvalue weighted by atomic mass is 16.5. The van der Waals surface area contributed by atoms with Crippen LogP contribution in [0.3, 0.4) is 0 Å². The average Bonchev–Trinajstić information content (AvgIpc) is 3.29. The van der Waals surface area contributed by atoms with Crippen LogP contribution in [0.2, 0.25) is 0 Å². The summed E-state index contributed by atoms with van der Waals surface area (Å²) in [6.07, 6.45) is 3.95. The topological polar surface area (TPSA) is 55.3 Å². The number of hydrogen-bond acceptors (Lipinski definition) is 5. The number of nitrogens with zero attached hydrogens (tertiary/aromatic N) is 3. The van der Waals surface area contributed by atoms with Crippen molar-refractivity contribution in [2.45, 2.75) is 25.8 Å². The average molecular weight is 271 g/mol. The maximum atomic E-state index is 11.8. The van der Waals surface area contributed by atoms with Crippen molar-refractivity contribution in [1.82, 2.24) is 10.2 Å². The lowest BCUT2D eigenvalue weighted by Gasteiger charge is -2.24. The number of fused-ring (bicyclic) bond motifs is 1. The minimum atomic E-state index is -0.194. The molecule has 104 valence electrons. The quantitative estimate of drug-likeness (QED) is 0.780. The Balaban J connectivity index is 1.95. The standard InChI is InChI=1S/C15H17N3O2/c1-2-20-15(19)10-18(11-7-8-11)14-9-16-17-13-6-4-3-5-12(13)14/h3-6,9,11H,2,7-8,10H2,1H3. The summed E-state index contributed by atoms with van der Waals surface area (Å²) in [6.45, 7) is 2.50. The molecule has 1 aliphatic carbocycles. The second kappa shape index (κ2) is 5.45. The lowest BCUT2D eigenvalue weighted by atomic mass is 10.2. The molecule has 0 unspecified atom stereocenters. The fourth-order valence-corrected chi connectivity index (χ4v) is 2.36. The molecule has 0 amide bonds. The molecule has 1 aromatic heterocycles. The van der Waals surface area contributed by atoms with Gasteiger partial charge in [0.05, 0.1) is 24.0 Å². The zero-order valence-corrected chi connectivity index (χ0v) is 11.5. The van der Waals surface area contributed by atoms with Gasteiger partial charge in [-0.15, -0.1) is 0 Å². The molecule has 0 atom stereocenters. The summed E-state index contributed by atoms with van der Waals surface area (Å²) >= 11 is 0. The first-order valence-electron chi connectivity index (χ1n) is 6.92. The highest BCUT2D eigenvalue weighted by Gasteiger charge is 2.32. The minimum Gasteiger partial charge on any atom is -0.465 e. The van der Waals surface area contributed by atoms with E-state index in [0.717, 1.165) is 29.4 Å². The van der Waals surface area contributed by atoms with Crippen molar-refractivity contribution in [3.63, 3.8) is 0 Å². The lowest BCUT2D eigenvalue weighted by Crippen LogP contribution is -2.33. The van der Waals surface area contributed by atoms with Crippen molar-refractivity contribution in [2.75, 3.05) is 18.1 Å². The van der Waals surface area contributed by atoms with E-state index in [1.54, 1.807) is 6.20 Å². The summed E-state index contributed by atoms with van der Waals surface area (Å²) < 4.78 is 5.07. The molecule has 0 bridgehead atoms. The molecule has 5 heteroatoms. The molecule has 1 aromatic carbocycles. The summed E-state index contributed by atoms with van der Waals surface area (Å²) in [6, 6.07) is 8.27. The SMILES string of the molecule is CCOC(=O)CN(c1cnnc2ccccc12)C1CC1. The van der Waals surface area contributed by atoms with Gasteiger partial charge in [0, 0.05) is 11.4 Å². The molecular weight excluding hydrogens is 254 g/mol. The summed E-state index contributed by atoms with van der Waals surface area (Å²) in [4.78, 5) is 13.9. The van der Waals surface area contributed by atoms with Gasteiger partial charge in [-0.05, 0) is 25.8 Å². The Kier molecular flexibility index (Phi) is 3.50. The van der Waals surface area contributed by atoms with Gasteiger partial charge in [0.2, 0.25) is 0 Å². The maximum absolute atomic E-state index is 11.8. The van der Waals surface area contributed by atoms with Gasteiger partial charge in [-0.2, -0.15) is 10.2 Å². The van der Waals surface area contributed by atoms with Crippen LogP contribution in [0.15, 0.2) is 30.5 Å². The molecular formula is C15H17N3O2. The Labute approximate surface area is 117 Å². The van der Waals surface area contributed by atoms with E-state index in [-0.39, 0.29) is 12.5 Å². The Morgan fingerprint density at radius 1 is 1.40 bits per heavy atom. The van der Waals surface area contributed by atoms with Crippen LogP contribution in [0.5, 0.6) is 0 Å². The number of hydrogen-bond donors (Lipinski definition) is 0. The molecule has 0 spiro atoms. The molecule has 2 aromatic rings. The first-order valence-corrected chi connectivity index (χ1v) is 6.92. The van der Waals surface area contributed by atoms with E-state index in [1.165, 1.54) is 0 Å². The fraction of sp³-hybridized carbons (Fsp3) is 0.400. The summed E-state index contributed by atoms with van der Waals surface area (Å²) in [5.74, 6) is -0.194. The first-order chi connectivity index (χ1) is 9.79. The third kappa shape index (κ3) is 2.57. The van der Waals surface area contributed by atoms with Crippen molar-refractivity contribution in [3.8, 4) is 0 Å². The summed E-state index contributed by atoms with van der Waals surface area (Å²) in [5.41, 5.74) is 1.81. The third-order valence-corrected chi connectivity index (χ3v) is 3.43. The molecule has 0 N–H and O–H groups in total. The Morgan fingerprint density at radius 3 is 2.95 bits per heavy atom. The maximum Gasteiger partial charge on any atom is 0.325 e. The van der Waals surface area contributed by atoms with Crippen molar-refractivity contribution >= 4 is 22.6 Å². The molecule has 5 nitrogen and oxygen atoms in total. The van der Waals surface area contributed by atoms with Crippen molar-refractivity contribution < 1.29 is 9.53 Å². The number of anilines is 1. The summed E-state index contributed by atoms with van der Waals surface area (Å²) in [5, 5.41) is 9.21. The highest BCUT2D eigenvalue weighted by Crippen LogP contribution is 2.34. The van der Waals surface area contributed by atoms with E-state index in [0.29, 0.717) is 12.6 Å². The van der Waals surface area contributed by atoms with Gasteiger partial charge in [0.15, 0.2) is 0 Å².